The first-order valence-corrected chi connectivity index (χ1v) is 6.33. The van der Waals surface area contributed by atoms with Gasteiger partial charge in [-0.2, -0.15) is 0 Å². The molecule has 5 heteroatoms. The highest BCUT2D eigenvalue weighted by Crippen LogP contribution is 2.24. The van der Waals surface area contributed by atoms with E-state index in [9.17, 15) is 4.79 Å². The van der Waals surface area contributed by atoms with Crippen LogP contribution in [0.1, 0.15) is 18.4 Å². The molecule has 1 aliphatic rings. The second-order valence-electron chi connectivity index (χ2n) is 4.44. The lowest BCUT2D eigenvalue weighted by atomic mass is 9.98. The van der Waals surface area contributed by atoms with E-state index in [1.54, 1.807) is 0 Å². The minimum atomic E-state index is 0. The summed E-state index contributed by atoms with van der Waals surface area (Å²) in [6, 6.07) is 5.56. The van der Waals surface area contributed by atoms with Crippen LogP contribution < -0.4 is 10.6 Å². The van der Waals surface area contributed by atoms with Gasteiger partial charge >= 0.3 is 0 Å². The van der Waals surface area contributed by atoms with E-state index in [0.29, 0.717) is 5.02 Å². The number of hydrogen-bond acceptors (Lipinski definition) is 2. The third-order valence-electron chi connectivity index (χ3n) is 3.19. The molecule has 100 valence electrons. The Hall–Kier alpha value is -0.770. The molecule has 0 aliphatic carbocycles. The van der Waals surface area contributed by atoms with E-state index in [1.165, 1.54) is 0 Å². The van der Waals surface area contributed by atoms with Gasteiger partial charge in [0.05, 0.1) is 5.92 Å². The Morgan fingerprint density at radius 2 is 2.28 bits per heavy atom. The van der Waals surface area contributed by atoms with E-state index in [2.05, 4.69) is 10.6 Å². The molecule has 1 aliphatic heterocycles. The first kappa shape index (κ1) is 15.3. The summed E-state index contributed by atoms with van der Waals surface area (Å²) < 4.78 is 0. The number of amides is 1. The molecule has 0 spiro atoms. The molecule has 2 rings (SSSR count). The fourth-order valence-electron chi connectivity index (χ4n) is 2.05. The summed E-state index contributed by atoms with van der Waals surface area (Å²) in [5, 5.41) is 6.88. The van der Waals surface area contributed by atoms with Crippen molar-refractivity contribution in [2.75, 3.05) is 18.4 Å². The molecule has 0 saturated carbocycles. The molecule has 1 aromatic rings. The van der Waals surface area contributed by atoms with Gasteiger partial charge in [0.2, 0.25) is 5.91 Å². The van der Waals surface area contributed by atoms with Crippen molar-refractivity contribution in [2.45, 2.75) is 19.8 Å². The topological polar surface area (TPSA) is 41.1 Å². The van der Waals surface area contributed by atoms with E-state index in [0.717, 1.165) is 37.2 Å². The molecule has 0 unspecified atom stereocenters. The number of anilines is 1. The second-order valence-corrected chi connectivity index (χ2v) is 4.85. The van der Waals surface area contributed by atoms with Crippen molar-refractivity contribution in [3.63, 3.8) is 0 Å². The molecule has 1 heterocycles. The Balaban J connectivity index is 0.00000162. The molecule has 0 bridgehead atoms. The molecule has 1 aromatic carbocycles. The number of hydrogen-bond donors (Lipinski definition) is 2. The molecule has 18 heavy (non-hydrogen) atoms. The van der Waals surface area contributed by atoms with Gasteiger partial charge in [-0.1, -0.05) is 17.7 Å². The molecule has 0 aromatic heterocycles. The zero-order valence-corrected chi connectivity index (χ0v) is 11.9. The molecule has 0 radical (unpaired) electrons. The van der Waals surface area contributed by atoms with Crippen LogP contribution in [0.4, 0.5) is 5.69 Å². The van der Waals surface area contributed by atoms with Crippen LogP contribution in [0.2, 0.25) is 5.02 Å². The third-order valence-corrected chi connectivity index (χ3v) is 3.60. The molecule has 1 amide bonds. The van der Waals surface area contributed by atoms with Gasteiger partial charge in [-0.25, -0.2) is 0 Å². The maximum Gasteiger partial charge on any atom is 0.228 e. The average molecular weight is 289 g/mol. The summed E-state index contributed by atoms with van der Waals surface area (Å²) in [5.41, 5.74) is 1.74. The van der Waals surface area contributed by atoms with Crippen molar-refractivity contribution in [3.8, 4) is 0 Å². The maximum atomic E-state index is 12.0. The van der Waals surface area contributed by atoms with Crippen LogP contribution in [-0.4, -0.2) is 19.0 Å². The third kappa shape index (κ3) is 3.61. The SMILES string of the molecule is Cc1c(Cl)cccc1NC(=O)[C@@H]1CCCNC1.Cl. The predicted octanol–water partition coefficient (Wildman–Crippen LogP) is 3.01. The minimum Gasteiger partial charge on any atom is -0.326 e. The van der Waals surface area contributed by atoms with Crippen molar-refractivity contribution in [3.05, 3.63) is 28.8 Å². The fraction of sp³-hybridized carbons (Fsp3) is 0.462. The number of rotatable bonds is 2. The van der Waals surface area contributed by atoms with Crippen LogP contribution >= 0.6 is 24.0 Å². The number of carbonyl (C=O) groups excluding carboxylic acids is 1. The molecular weight excluding hydrogens is 271 g/mol. The van der Waals surface area contributed by atoms with E-state index in [1.807, 2.05) is 25.1 Å². The summed E-state index contributed by atoms with van der Waals surface area (Å²) >= 11 is 6.02. The highest BCUT2D eigenvalue weighted by atomic mass is 35.5. The van der Waals surface area contributed by atoms with Gasteiger partial charge in [-0.15, -0.1) is 12.4 Å². The number of benzene rings is 1. The molecular formula is C13H18Cl2N2O. The molecule has 2 N–H and O–H groups in total. The van der Waals surface area contributed by atoms with Crippen molar-refractivity contribution >= 4 is 35.6 Å². The monoisotopic (exact) mass is 288 g/mol. The summed E-state index contributed by atoms with van der Waals surface area (Å²) in [7, 11) is 0. The Bertz CT molecular complexity index is 417. The lowest BCUT2D eigenvalue weighted by Crippen LogP contribution is -2.37. The lowest BCUT2D eigenvalue weighted by Gasteiger charge is -2.22. The van der Waals surface area contributed by atoms with E-state index < -0.39 is 0 Å². The number of piperidine rings is 1. The Morgan fingerprint density at radius 3 is 2.94 bits per heavy atom. The molecule has 1 atom stereocenters. The van der Waals surface area contributed by atoms with Crippen molar-refractivity contribution in [1.82, 2.24) is 5.32 Å². The normalized spacial score (nSPS) is 18.9. The molecule has 1 fully saturated rings. The minimum absolute atomic E-state index is 0. The summed E-state index contributed by atoms with van der Waals surface area (Å²) in [4.78, 5) is 12.0. The van der Waals surface area contributed by atoms with Gasteiger partial charge < -0.3 is 10.6 Å². The number of halogens is 2. The Morgan fingerprint density at radius 1 is 1.50 bits per heavy atom. The lowest BCUT2D eigenvalue weighted by molar-refractivity contribution is -0.120. The van der Waals surface area contributed by atoms with Crippen LogP contribution in [0.5, 0.6) is 0 Å². The first-order chi connectivity index (χ1) is 8.18. The van der Waals surface area contributed by atoms with E-state index in [-0.39, 0.29) is 24.2 Å². The Labute approximate surface area is 119 Å². The van der Waals surface area contributed by atoms with Crippen LogP contribution in [-0.2, 0) is 4.79 Å². The fourth-order valence-corrected chi connectivity index (χ4v) is 2.23. The second kappa shape index (κ2) is 6.98. The average Bonchev–Trinajstić information content (AvgIpc) is 2.36. The number of carbonyl (C=O) groups is 1. The standard InChI is InChI=1S/C13H17ClN2O.ClH/c1-9-11(14)5-2-6-12(9)16-13(17)10-4-3-7-15-8-10;/h2,5-6,10,15H,3-4,7-8H2,1H3,(H,16,17);1H/t10-;/m1./s1. The van der Waals surface area contributed by atoms with Crippen LogP contribution in [0.3, 0.4) is 0 Å². The zero-order valence-electron chi connectivity index (χ0n) is 10.3. The van der Waals surface area contributed by atoms with Crippen LogP contribution in [0, 0.1) is 12.8 Å². The number of nitrogens with one attached hydrogen (secondary N) is 2. The Kier molecular flexibility index (Phi) is 5.93. The smallest absolute Gasteiger partial charge is 0.228 e. The summed E-state index contributed by atoms with van der Waals surface area (Å²) in [6.07, 6.45) is 2.02. The summed E-state index contributed by atoms with van der Waals surface area (Å²) in [6.45, 7) is 3.70. The van der Waals surface area contributed by atoms with Gasteiger partial charge in [0.1, 0.15) is 0 Å². The van der Waals surface area contributed by atoms with Gasteiger partial charge in [-0.05, 0) is 44.0 Å². The zero-order chi connectivity index (χ0) is 12.3. The van der Waals surface area contributed by atoms with Gasteiger partial charge in [0.25, 0.3) is 0 Å². The van der Waals surface area contributed by atoms with Crippen molar-refractivity contribution in [1.29, 1.82) is 0 Å². The maximum absolute atomic E-state index is 12.0. The highest BCUT2D eigenvalue weighted by molar-refractivity contribution is 6.31. The van der Waals surface area contributed by atoms with Crippen LogP contribution in [0.25, 0.3) is 0 Å². The predicted molar refractivity (Wildman–Crippen MR) is 77.7 cm³/mol. The van der Waals surface area contributed by atoms with Gasteiger partial charge in [0.15, 0.2) is 0 Å². The quantitative estimate of drug-likeness (QED) is 0.878. The molecule has 3 nitrogen and oxygen atoms in total. The van der Waals surface area contributed by atoms with Crippen molar-refractivity contribution in [2.24, 2.45) is 5.92 Å². The first-order valence-electron chi connectivity index (χ1n) is 5.95. The van der Waals surface area contributed by atoms with E-state index in [4.69, 9.17) is 11.6 Å². The highest BCUT2D eigenvalue weighted by Gasteiger charge is 2.21. The van der Waals surface area contributed by atoms with Crippen molar-refractivity contribution < 1.29 is 4.79 Å². The summed E-state index contributed by atoms with van der Waals surface area (Å²) in [5.74, 6) is 0.157. The van der Waals surface area contributed by atoms with E-state index >= 15 is 0 Å². The van der Waals surface area contributed by atoms with Gasteiger partial charge in [0, 0.05) is 17.3 Å². The largest absolute Gasteiger partial charge is 0.326 e. The molecule has 1 saturated heterocycles. The van der Waals surface area contributed by atoms with Gasteiger partial charge in [-0.3, -0.25) is 4.79 Å². The van der Waals surface area contributed by atoms with Crippen LogP contribution in [0.15, 0.2) is 18.2 Å².